The van der Waals surface area contributed by atoms with Crippen LogP contribution in [0.5, 0.6) is 23.0 Å². The average molecular weight is 382 g/mol. The molecule has 0 saturated carbocycles. The smallest absolute Gasteiger partial charge is 0.231 e. The molecule has 2 aromatic carbocycles. The molecule has 0 amide bonds. The van der Waals surface area contributed by atoms with Gasteiger partial charge in [0.15, 0.2) is 29.0 Å². The fraction of sp³-hybridized carbons (Fsp3) is 0.250. The molecule has 0 saturated heterocycles. The van der Waals surface area contributed by atoms with Gasteiger partial charge < -0.3 is 35.7 Å². The summed E-state index contributed by atoms with van der Waals surface area (Å²) >= 11 is 0. The van der Waals surface area contributed by atoms with E-state index in [4.69, 9.17) is 30.4 Å². The first kappa shape index (κ1) is 18.0. The monoisotopic (exact) mass is 382 g/mol. The Morgan fingerprint density at radius 2 is 1.86 bits per heavy atom. The molecule has 2 aliphatic rings. The number of methoxy groups -OCH3 is 2. The van der Waals surface area contributed by atoms with Crippen molar-refractivity contribution >= 4 is 11.7 Å². The van der Waals surface area contributed by atoms with E-state index in [1.165, 1.54) is 0 Å². The summed E-state index contributed by atoms with van der Waals surface area (Å²) in [6.45, 7) is 0.230. The number of hydrogen-bond donors (Lipinski definition) is 3. The third-order valence-electron chi connectivity index (χ3n) is 4.61. The highest BCUT2D eigenvalue weighted by atomic mass is 16.7. The first-order valence-corrected chi connectivity index (χ1v) is 8.75. The van der Waals surface area contributed by atoms with Gasteiger partial charge in [-0.2, -0.15) is 0 Å². The number of hydrogen-bond acceptors (Lipinski definition) is 8. The predicted molar refractivity (Wildman–Crippen MR) is 105 cm³/mol. The van der Waals surface area contributed by atoms with Gasteiger partial charge in [-0.3, -0.25) is 0 Å². The number of nitrogens with one attached hydrogen (secondary N) is 1. The molecule has 0 radical (unpaired) electrons. The molecule has 28 heavy (non-hydrogen) atoms. The number of rotatable bonds is 5. The van der Waals surface area contributed by atoms with E-state index < -0.39 is 5.66 Å². The SMILES string of the molecule is COc1ccc(C2=CC(N)(Cc3ccc4c(c3)OCO4)NC(N)=N2)cc1OC. The second-order valence-electron chi connectivity index (χ2n) is 6.63. The summed E-state index contributed by atoms with van der Waals surface area (Å²) in [5, 5.41) is 3.06. The van der Waals surface area contributed by atoms with E-state index in [1.54, 1.807) is 14.2 Å². The van der Waals surface area contributed by atoms with Crippen LogP contribution in [-0.2, 0) is 6.42 Å². The van der Waals surface area contributed by atoms with Crippen LogP contribution in [-0.4, -0.2) is 32.6 Å². The highest BCUT2D eigenvalue weighted by Gasteiger charge is 2.29. The van der Waals surface area contributed by atoms with Crippen molar-refractivity contribution in [2.45, 2.75) is 12.1 Å². The number of aliphatic imine (C=N–C) groups is 1. The molecule has 2 aliphatic heterocycles. The average Bonchev–Trinajstić information content (AvgIpc) is 3.14. The van der Waals surface area contributed by atoms with E-state index in [0.29, 0.717) is 29.4 Å². The second-order valence-corrected chi connectivity index (χ2v) is 6.63. The highest BCUT2D eigenvalue weighted by Crippen LogP contribution is 2.35. The first-order chi connectivity index (χ1) is 13.5. The lowest BCUT2D eigenvalue weighted by Gasteiger charge is -2.32. The fourth-order valence-electron chi connectivity index (χ4n) is 3.34. The minimum Gasteiger partial charge on any atom is -0.493 e. The Labute approximate surface area is 162 Å². The van der Waals surface area contributed by atoms with E-state index in [1.807, 2.05) is 42.5 Å². The van der Waals surface area contributed by atoms with Gasteiger partial charge in [0, 0.05) is 12.0 Å². The number of benzene rings is 2. The van der Waals surface area contributed by atoms with E-state index in [9.17, 15) is 0 Å². The largest absolute Gasteiger partial charge is 0.493 e. The summed E-state index contributed by atoms with van der Waals surface area (Å²) in [5.74, 6) is 2.93. The van der Waals surface area contributed by atoms with Crippen molar-refractivity contribution in [3.8, 4) is 23.0 Å². The molecule has 0 aromatic heterocycles. The Hall–Kier alpha value is -3.39. The van der Waals surface area contributed by atoms with Crippen LogP contribution in [0.4, 0.5) is 0 Å². The quantitative estimate of drug-likeness (QED) is 0.720. The van der Waals surface area contributed by atoms with Gasteiger partial charge in [-0.1, -0.05) is 6.07 Å². The Balaban J connectivity index is 1.65. The van der Waals surface area contributed by atoms with Crippen LogP contribution in [0.3, 0.4) is 0 Å². The second kappa shape index (κ2) is 6.97. The van der Waals surface area contributed by atoms with Gasteiger partial charge in [0.05, 0.1) is 19.9 Å². The molecule has 146 valence electrons. The minimum absolute atomic E-state index is 0.230. The first-order valence-electron chi connectivity index (χ1n) is 8.75. The third-order valence-corrected chi connectivity index (χ3v) is 4.61. The van der Waals surface area contributed by atoms with Gasteiger partial charge in [0.1, 0.15) is 5.66 Å². The molecule has 0 bridgehead atoms. The van der Waals surface area contributed by atoms with Crippen LogP contribution in [0.1, 0.15) is 11.1 Å². The van der Waals surface area contributed by atoms with E-state index in [0.717, 1.165) is 16.9 Å². The van der Waals surface area contributed by atoms with Gasteiger partial charge in [-0.25, -0.2) is 4.99 Å². The molecule has 0 fully saturated rings. The Morgan fingerprint density at radius 3 is 2.64 bits per heavy atom. The molecule has 1 atom stereocenters. The van der Waals surface area contributed by atoms with Gasteiger partial charge >= 0.3 is 0 Å². The van der Waals surface area contributed by atoms with Crippen LogP contribution in [0.25, 0.3) is 5.70 Å². The molecular weight excluding hydrogens is 360 g/mol. The summed E-state index contributed by atoms with van der Waals surface area (Å²) in [6, 6.07) is 11.3. The van der Waals surface area contributed by atoms with Crippen LogP contribution < -0.4 is 35.7 Å². The van der Waals surface area contributed by atoms with Gasteiger partial charge in [0.25, 0.3) is 0 Å². The number of fused-ring (bicyclic) bond motifs is 1. The summed E-state index contributed by atoms with van der Waals surface area (Å²) < 4.78 is 21.5. The summed E-state index contributed by atoms with van der Waals surface area (Å²) in [6.07, 6.45) is 2.34. The maximum Gasteiger partial charge on any atom is 0.231 e. The van der Waals surface area contributed by atoms with Crippen molar-refractivity contribution in [1.29, 1.82) is 0 Å². The highest BCUT2D eigenvalue weighted by molar-refractivity contribution is 5.89. The maximum atomic E-state index is 6.60. The molecule has 2 aromatic rings. The predicted octanol–water partition coefficient (Wildman–Crippen LogP) is 1.59. The summed E-state index contributed by atoms with van der Waals surface area (Å²) in [7, 11) is 3.18. The number of ether oxygens (including phenoxy) is 4. The van der Waals surface area contributed by atoms with Crippen molar-refractivity contribution in [2.24, 2.45) is 16.5 Å². The van der Waals surface area contributed by atoms with Crippen molar-refractivity contribution < 1.29 is 18.9 Å². The zero-order valence-electron chi connectivity index (χ0n) is 15.7. The summed E-state index contributed by atoms with van der Waals surface area (Å²) in [4.78, 5) is 4.40. The van der Waals surface area contributed by atoms with Gasteiger partial charge in [0.2, 0.25) is 6.79 Å². The van der Waals surface area contributed by atoms with Crippen molar-refractivity contribution in [1.82, 2.24) is 5.32 Å². The molecular formula is C20H22N4O4. The molecule has 0 spiro atoms. The van der Waals surface area contributed by atoms with E-state index in [-0.39, 0.29) is 12.8 Å². The molecule has 8 heteroatoms. The molecule has 5 N–H and O–H groups in total. The third kappa shape index (κ3) is 3.41. The molecule has 8 nitrogen and oxygen atoms in total. The lowest BCUT2D eigenvalue weighted by Crippen LogP contribution is -2.59. The van der Waals surface area contributed by atoms with E-state index >= 15 is 0 Å². The molecule has 0 aliphatic carbocycles. The zero-order valence-corrected chi connectivity index (χ0v) is 15.7. The normalized spacial score (nSPS) is 20.1. The Morgan fingerprint density at radius 1 is 1.07 bits per heavy atom. The van der Waals surface area contributed by atoms with Gasteiger partial charge in [-0.05, 0) is 42.0 Å². The van der Waals surface area contributed by atoms with Crippen molar-refractivity contribution in [3.63, 3.8) is 0 Å². The molecule has 4 rings (SSSR count). The van der Waals surface area contributed by atoms with Crippen LogP contribution in [0, 0.1) is 0 Å². The van der Waals surface area contributed by atoms with Crippen LogP contribution in [0.15, 0.2) is 47.5 Å². The summed E-state index contributed by atoms with van der Waals surface area (Å²) in [5.41, 5.74) is 14.2. The molecule has 1 unspecified atom stereocenters. The Bertz CT molecular complexity index is 973. The number of guanidine groups is 1. The van der Waals surface area contributed by atoms with Crippen molar-refractivity contribution in [3.05, 3.63) is 53.6 Å². The minimum atomic E-state index is -0.915. The zero-order chi connectivity index (χ0) is 19.7. The lowest BCUT2D eigenvalue weighted by atomic mass is 9.96. The topological polar surface area (TPSA) is 113 Å². The number of nitrogens with two attached hydrogens (primary N) is 2. The van der Waals surface area contributed by atoms with Crippen LogP contribution in [0.2, 0.25) is 0 Å². The fourth-order valence-corrected chi connectivity index (χ4v) is 3.34. The van der Waals surface area contributed by atoms with Gasteiger partial charge in [-0.15, -0.1) is 0 Å². The standard InChI is InChI=1S/C20H22N4O4/c1-25-15-6-4-13(8-17(15)26-2)14-10-20(22,24-19(21)23-14)9-12-3-5-16-18(7-12)28-11-27-16/h3-8,10H,9,11,22H2,1-2H3,(H3,21,23,24). The maximum absolute atomic E-state index is 6.60. The van der Waals surface area contributed by atoms with E-state index in [2.05, 4.69) is 10.3 Å². The number of nitrogens with zero attached hydrogens (tertiary/aromatic N) is 1. The van der Waals surface area contributed by atoms with Crippen molar-refractivity contribution in [2.75, 3.05) is 21.0 Å². The van der Waals surface area contributed by atoms with Crippen LogP contribution >= 0.6 is 0 Å². The molecule has 2 heterocycles. The lowest BCUT2D eigenvalue weighted by molar-refractivity contribution is 0.174. The Kier molecular flexibility index (Phi) is 4.48.